The summed E-state index contributed by atoms with van der Waals surface area (Å²) < 4.78 is 4.57. The normalized spacial score (nSPS) is 19.9. The van der Waals surface area contributed by atoms with Crippen LogP contribution >= 0.6 is 24.0 Å². The minimum absolute atomic E-state index is 0. The monoisotopic (exact) mass is 506 g/mol. The number of halogens is 1. The van der Waals surface area contributed by atoms with E-state index < -0.39 is 0 Å². The number of likely N-dealkylation sites (tertiary alicyclic amines) is 1. The third-order valence-corrected chi connectivity index (χ3v) is 5.88. The molecule has 0 spiro atoms. The molecular formula is C22H31IN6. The van der Waals surface area contributed by atoms with Crippen molar-refractivity contribution in [2.24, 2.45) is 10.9 Å². The van der Waals surface area contributed by atoms with E-state index in [0.29, 0.717) is 12.0 Å². The molecule has 2 aromatic heterocycles. The summed E-state index contributed by atoms with van der Waals surface area (Å²) in [6, 6.07) is 11.2. The van der Waals surface area contributed by atoms with Gasteiger partial charge < -0.3 is 19.4 Å². The summed E-state index contributed by atoms with van der Waals surface area (Å²) in [7, 11) is 1.88. The largest absolute Gasteiger partial charge is 0.356 e. The van der Waals surface area contributed by atoms with Crippen LogP contribution in [0.1, 0.15) is 25.8 Å². The lowest BCUT2D eigenvalue weighted by Crippen LogP contribution is -2.49. The third-order valence-electron chi connectivity index (χ3n) is 5.88. The van der Waals surface area contributed by atoms with Crippen LogP contribution in [0.15, 0.2) is 60.2 Å². The van der Waals surface area contributed by atoms with Crippen LogP contribution in [0, 0.1) is 5.92 Å². The van der Waals surface area contributed by atoms with Crippen molar-refractivity contribution in [2.75, 3.05) is 26.7 Å². The molecule has 1 aliphatic rings. The van der Waals surface area contributed by atoms with Crippen LogP contribution < -0.4 is 5.32 Å². The summed E-state index contributed by atoms with van der Waals surface area (Å²) in [6.07, 6.45) is 10.3. The topological polar surface area (TPSA) is 50.4 Å². The van der Waals surface area contributed by atoms with Crippen molar-refractivity contribution >= 4 is 40.8 Å². The fourth-order valence-electron chi connectivity index (χ4n) is 4.21. The Hall–Kier alpha value is -2.03. The average Bonchev–Trinajstić information content (AvgIpc) is 3.39. The molecule has 3 aromatic rings. The van der Waals surface area contributed by atoms with Crippen molar-refractivity contribution in [1.29, 1.82) is 0 Å². The third kappa shape index (κ3) is 4.94. The van der Waals surface area contributed by atoms with E-state index >= 15 is 0 Å². The number of hydrogen-bond donors (Lipinski definition) is 1. The van der Waals surface area contributed by atoms with Gasteiger partial charge >= 0.3 is 0 Å². The lowest BCUT2D eigenvalue weighted by Gasteiger charge is -2.39. The van der Waals surface area contributed by atoms with E-state index in [1.54, 1.807) is 0 Å². The number of aryl methyl sites for hydroxylation is 1. The number of fused-ring (bicyclic) bond motifs is 1. The quantitative estimate of drug-likeness (QED) is 0.246. The lowest BCUT2D eigenvalue weighted by atomic mass is 9.93. The molecule has 29 heavy (non-hydrogen) atoms. The number of nitrogens with one attached hydrogen (secondary N) is 1. The Kier molecular flexibility index (Phi) is 7.57. The van der Waals surface area contributed by atoms with Crippen molar-refractivity contribution in [3.63, 3.8) is 0 Å². The number of piperidine rings is 1. The van der Waals surface area contributed by atoms with Crippen molar-refractivity contribution in [3.8, 4) is 0 Å². The van der Waals surface area contributed by atoms with Crippen LogP contribution in [-0.2, 0) is 6.54 Å². The van der Waals surface area contributed by atoms with E-state index in [1.807, 2.05) is 19.6 Å². The first kappa shape index (κ1) is 21.7. The Morgan fingerprint density at radius 1 is 1.24 bits per heavy atom. The zero-order chi connectivity index (χ0) is 19.3. The minimum atomic E-state index is 0. The summed E-state index contributed by atoms with van der Waals surface area (Å²) in [5, 5.41) is 4.87. The fourth-order valence-corrected chi connectivity index (χ4v) is 4.21. The van der Waals surface area contributed by atoms with Gasteiger partial charge in [-0.25, -0.2) is 4.98 Å². The molecular weight excluding hydrogens is 475 g/mol. The van der Waals surface area contributed by atoms with Gasteiger partial charge in [-0.05, 0) is 36.3 Å². The first-order valence-corrected chi connectivity index (χ1v) is 10.2. The van der Waals surface area contributed by atoms with Crippen molar-refractivity contribution in [2.45, 2.75) is 32.4 Å². The Balaban J connectivity index is 0.00000240. The number of hydrogen-bond acceptors (Lipinski definition) is 2. The van der Waals surface area contributed by atoms with E-state index in [2.05, 4.69) is 79.0 Å². The number of rotatable bonds is 5. The van der Waals surface area contributed by atoms with Crippen molar-refractivity contribution in [1.82, 2.24) is 24.3 Å². The van der Waals surface area contributed by atoms with Gasteiger partial charge in [0.2, 0.25) is 0 Å². The molecule has 0 radical (unpaired) electrons. The second-order valence-electron chi connectivity index (χ2n) is 7.68. The number of aromatic nitrogens is 3. The molecule has 2 unspecified atom stereocenters. The molecule has 6 nitrogen and oxygen atoms in total. The standard InChI is InChI=1S/C22H30N6.HI/c1-18-8-13-27(16-21(18)28-15-11-24-17-28)22(23-2)25-10-5-12-26-14-9-19-6-3-4-7-20(19)26;/h3-4,6-7,9,11,14-15,17-18,21H,5,8,10,12-13,16H2,1-2H3,(H,23,25);1H. The van der Waals surface area contributed by atoms with Gasteiger partial charge in [-0.1, -0.05) is 25.1 Å². The highest BCUT2D eigenvalue weighted by atomic mass is 127. The smallest absolute Gasteiger partial charge is 0.193 e. The number of imidazole rings is 1. The molecule has 0 bridgehead atoms. The van der Waals surface area contributed by atoms with E-state index in [9.17, 15) is 0 Å². The SMILES string of the molecule is CN=C(NCCCn1ccc2ccccc21)N1CCC(C)C(n2ccnc2)C1.I. The molecule has 0 saturated carbocycles. The van der Waals surface area contributed by atoms with E-state index in [1.165, 1.54) is 17.3 Å². The minimum Gasteiger partial charge on any atom is -0.356 e. The molecule has 1 aliphatic heterocycles. The van der Waals surface area contributed by atoms with Crippen LogP contribution in [0.5, 0.6) is 0 Å². The van der Waals surface area contributed by atoms with Crippen LogP contribution in [0.3, 0.4) is 0 Å². The Labute approximate surface area is 190 Å². The number of benzene rings is 1. The maximum atomic E-state index is 4.54. The number of para-hydroxylation sites is 1. The van der Waals surface area contributed by atoms with Crippen LogP contribution in [0.2, 0.25) is 0 Å². The van der Waals surface area contributed by atoms with Crippen molar-refractivity contribution < 1.29 is 0 Å². The Morgan fingerprint density at radius 2 is 2.10 bits per heavy atom. The van der Waals surface area contributed by atoms with Gasteiger partial charge in [-0.3, -0.25) is 4.99 Å². The van der Waals surface area contributed by atoms with Gasteiger partial charge in [-0.2, -0.15) is 0 Å². The predicted octanol–water partition coefficient (Wildman–Crippen LogP) is 4.00. The summed E-state index contributed by atoms with van der Waals surface area (Å²) in [5.41, 5.74) is 1.31. The molecule has 3 heterocycles. The molecule has 7 heteroatoms. The highest BCUT2D eigenvalue weighted by Crippen LogP contribution is 2.27. The molecule has 4 rings (SSSR count). The van der Waals surface area contributed by atoms with Gasteiger partial charge in [0, 0.05) is 57.3 Å². The van der Waals surface area contributed by atoms with Crippen molar-refractivity contribution in [3.05, 3.63) is 55.2 Å². The van der Waals surface area contributed by atoms with E-state index in [4.69, 9.17) is 0 Å². The Morgan fingerprint density at radius 3 is 2.90 bits per heavy atom. The molecule has 1 saturated heterocycles. The second kappa shape index (κ2) is 10.1. The van der Waals surface area contributed by atoms with Gasteiger partial charge in [0.15, 0.2) is 5.96 Å². The molecule has 2 atom stereocenters. The molecule has 1 fully saturated rings. The molecule has 1 N–H and O–H groups in total. The fraction of sp³-hybridized carbons (Fsp3) is 0.455. The highest BCUT2D eigenvalue weighted by Gasteiger charge is 2.28. The van der Waals surface area contributed by atoms with E-state index in [0.717, 1.165) is 38.6 Å². The predicted molar refractivity (Wildman–Crippen MR) is 130 cm³/mol. The number of guanidine groups is 1. The number of aliphatic imine (C=N–C) groups is 1. The maximum Gasteiger partial charge on any atom is 0.193 e. The first-order chi connectivity index (χ1) is 13.8. The molecule has 0 amide bonds. The summed E-state index contributed by atoms with van der Waals surface area (Å²) >= 11 is 0. The zero-order valence-electron chi connectivity index (χ0n) is 17.2. The highest BCUT2D eigenvalue weighted by molar-refractivity contribution is 14.0. The van der Waals surface area contributed by atoms with Gasteiger partial charge in [0.05, 0.1) is 12.4 Å². The second-order valence-corrected chi connectivity index (χ2v) is 7.68. The van der Waals surface area contributed by atoms with Crippen LogP contribution in [-0.4, -0.2) is 51.7 Å². The van der Waals surface area contributed by atoms with Gasteiger partial charge in [0.25, 0.3) is 0 Å². The summed E-state index contributed by atoms with van der Waals surface area (Å²) in [4.78, 5) is 11.1. The van der Waals surface area contributed by atoms with Crippen LogP contribution in [0.4, 0.5) is 0 Å². The molecule has 1 aromatic carbocycles. The zero-order valence-corrected chi connectivity index (χ0v) is 19.6. The van der Waals surface area contributed by atoms with Gasteiger partial charge in [-0.15, -0.1) is 24.0 Å². The van der Waals surface area contributed by atoms with Crippen LogP contribution in [0.25, 0.3) is 10.9 Å². The molecule has 156 valence electrons. The van der Waals surface area contributed by atoms with E-state index in [-0.39, 0.29) is 24.0 Å². The maximum absolute atomic E-state index is 4.54. The summed E-state index contributed by atoms with van der Waals surface area (Å²) in [6.45, 7) is 6.28. The molecule has 0 aliphatic carbocycles. The lowest BCUT2D eigenvalue weighted by molar-refractivity contribution is 0.189. The van der Waals surface area contributed by atoms with Gasteiger partial charge in [0.1, 0.15) is 0 Å². The Bertz CT molecular complexity index is 916. The number of nitrogens with zero attached hydrogens (tertiary/aromatic N) is 5. The first-order valence-electron chi connectivity index (χ1n) is 10.2. The average molecular weight is 506 g/mol. The summed E-state index contributed by atoms with van der Waals surface area (Å²) in [5.74, 6) is 1.65.